The number of carbonyl (C=O) groups excluding carboxylic acids is 3. The lowest BCUT2D eigenvalue weighted by atomic mass is 9.75. The van der Waals surface area contributed by atoms with Gasteiger partial charge in [0.15, 0.2) is 0 Å². The van der Waals surface area contributed by atoms with Crippen LogP contribution in [0.15, 0.2) is 72.1 Å². The fourth-order valence-corrected chi connectivity index (χ4v) is 6.12. The van der Waals surface area contributed by atoms with Gasteiger partial charge in [-0.2, -0.15) is 0 Å². The maximum absolute atomic E-state index is 13.9. The Kier molecular flexibility index (Phi) is 6.43. The number of likely N-dealkylation sites (tertiary alicyclic amines) is 2. The van der Waals surface area contributed by atoms with Crippen molar-refractivity contribution in [3.63, 3.8) is 0 Å². The van der Waals surface area contributed by atoms with Gasteiger partial charge in [0, 0.05) is 29.8 Å². The summed E-state index contributed by atoms with van der Waals surface area (Å²) in [6, 6.07) is 20.8. The van der Waals surface area contributed by atoms with Crippen molar-refractivity contribution in [2.24, 2.45) is 0 Å². The van der Waals surface area contributed by atoms with Crippen molar-refractivity contribution in [1.82, 2.24) is 9.80 Å². The zero-order valence-electron chi connectivity index (χ0n) is 19.7. The Morgan fingerprint density at radius 3 is 2.57 bits per heavy atom. The first-order chi connectivity index (χ1) is 17.0. The first-order valence-electron chi connectivity index (χ1n) is 11.9. The molecule has 35 heavy (non-hydrogen) atoms. The number of hydrogen-bond donors (Lipinski definition) is 0. The van der Waals surface area contributed by atoms with Crippen LogP contribution in [0.2, 0.25) is 0 Å². The van der Waals surface area contributed by atoms with Gasteiger partial charge in [-0.3, -0.25) is 19.3 Å². The zero-order chi connectivity index (χ0) is 24.4. The third-order valence-electron chi connectivity index (χ3n) is 7.15. The van der Waals surface area contributed by atoms with Gasteiger partial charge in [0.05, 0.1) is 25.1 Å². The summed E-state index contributed by atoms with van der Waals surface area (Å²) in [5.74, 6) is 0.122. The molecule has 0 saturated carbocycles. The van der Waals surface area contributed by atoms with Crippen molar-refractivity contribution < 1.29 is 19.1 Å². The number of rotatable bonds is 7. The molecule has 2 atom stereocenters. The molecule has 2 saturated heterocycles. The molecule has 2 fully saturated rings. The number of imide groups is 1. The Morgan fingerprint density at radius 2 is 1.83 bits per heavy atom. The highest BCUT2D eigenvalue weighted by Gasteiger charge is 2.54. The minimum atomic E-state index is -1.19. The number of ether oxygens (including phenoxy) is 1. The van der Waals surface area contributed by atoms with Crippen LogP contribution in [0, 0.1) is 0 Å². The predicted octanol–water partition coefficient (Wildman–Crippen LogP) is 4.71. The van der Waals surface area contributed by atoms with Crippen LogP contribution in [0.4, 0.5) is 0 Å². The first kappa shape index (κ1) is 23.3. The number of nitrogens with zero attached hydrogens (tertiary/aromatic N) is 2. The van der Waals surface area contributed by atoms with Crippen LogP contribution in [0.3, 0.4) is 0 Å². The Labute approximate surface area is 209 Å². The van der Waals surface area contributed by atoms with Crippen LogP contribution >= 0.6 is 11.3 Å². The topological polar surface area (TPSA) is 66.9 Å². The molecule has 1 aromatic heterocycles. The lowest BCUT2D eigenvalue weighted by Crippen LogP contribution is -2.43. The molecule has 6 nitrogen and oxygen atoms in total. The van der Waals surface area contributed by atoms with Gasteiger partial charge < -0.3 is 9.64 Å². The minimum absolute atomic E-state index is 0.000126. The summed E-state index contributed by atoms with van der Waals surface area (Å²) in [5.41, 5.74) is 0.497. The average Bonchev–Trinajstić information content (AvgIpc) is 3.63. The van der Waals surface area contributed by atoms with Crippen molar-refractivity contribution in [3.05, 3.63) is 88.1 Å². The first-order valence-corrected chi connectivity index (χ1v) is 12.8. The highest BCUT2D eigenvalue weighted by Crippen LogP contribution is 2.43. The fourth-order valence-electron chi connectivity index (χ4n) is 5.43. The molecule has 0 spiro atoms. The third kappa shape index (κ3) is 4.25. The van der Waals surface area contributed by atoms with Crippen molar-refractivity contribution >= 4 is 29.1 Å². The molecule has 3 amide bonds. The van der Waals surface area contributed by atoms with Crippen molar-refractivity contribution in [2.45, 2.75) is 43.7 Å². The van der Waals surface area contributed by atoms with E-state index in [1.54, 1.807) is 7.11 Å². The van der Waals surface area contributed by atoms with Gasteiger partial charge >= 0.3 is 0 Å². The van der Waals surface area contributed by atoms with Gasteiger partial charge in [-0.15, -0.1) is 11.3 Å². The number of amides is 3. The van der Waals surface area contributed by atoms with Crippen LogP contribution in [0.1, 0.15) is 47.7 Å². The molecule has 2 aliphatic rings. The molecule has 0 radical (unpaired) electrons. The van der Waals surface area contributed by atoms with Gasteiger partial charge in [0.25, 0.3) is 0 Å². The Bertz CT molecular complexity index is 1230. The molecule has 0 aliphatic carbocycles. The molecule has 7 heteroatoms. The highest BCUT2D eigenvalue weighted by atomic mass is 32.1. The molecule has 0 N–H and O–H groups in total. The Balaban J connectivity index is 1.46. The van der Waals surface area contributed by atoms with Crippen molar-refractivity contribution in [3.8, 4) is 5.75 Å². The number of carbonyl (C=O) groups is 3. The normalized spacial score (nSPS) is 22.1. The molecule has 3 aromatic rings. The van der Waals surface area contributed by atoms with Crippen molar-refractivity contribution in [2.75, 3.05) is 13.7 Å². The quantitative estimate of drug-likeness (QED) is 0.452. The van der Waals surface area contributed by atoms with E-state index in [1.807, 2.05) is 77.0 Å². The number of methoxy groups -OCH3 is 1. The smallest absolute Gasteiger partial charge is 0.241 e. The van der Waals surface area contributed by atoms with Crippen LogP contribution in [-0.2, 0) is 26.3 Å². The zero-order valence-corrected chi connectivity index (χ0v) is 20.5. The van der Waals surface area contributed by atoms with Crippen LogP contribution in [0.5, 0.6) is 5.75 Å². The van der Waals surface area contributed by atoms with E-state index in [2.05, 4.69) is 0 Å². The lowest BCUT2D eigenvalue weighted by Gasteiger charge is -2.32. The molecule has 0 bridgehead atoms. The Hall–Kier alpha value is -3.45. The maximum Gasteiger partial charge on any atom is 0.241 e. The van der Waals surface area contributed by atoms with E-state index in [-0.39, 0.29) is 43.1 Å². The predicted molar refractivity (Wildman–Crippen MR) is 134 cm³/mol. The van der Waals surface area contributed by atoms with E-state index in [1.165, 1.54) is 16.2 Å². The van der Waals surface area contributed by atoms with Crippen LogP contribution in [-0.4, -0.2) is 41.2 Å². The lowest BCUT2D eigenvalue weighted by molar-refractivity contribution is -0.143. The van der Waals surface area contributed by atoms with Crippen LogP contribution < -0.4 is 4.74 Å². The van der Waals surface area contributed by atoms with Crippen molar-refractivity contribution in [1.29, 1.82) is 0 Å². The summed E-state index contributed by atoms with van der Waals surface area (Å²) in [4.78, 5) is 45.0. The molecule has 180 valence electrons. The monoisotopic (exact) mass is 488 g/mol. The number of para-hydroxylation sites is 1. The van der Waals surface area contributed by atoms with E-state index in [4.69, 9.17) is 4.74 Å². The van der Waals surface area contributed by atoms with Crippen LogP contribution in [0.25, 0.3) is 0 Å². The number of hydrogen-bond acceptors (Lipinski definition) is 5. The maximum atomic E-state index is 13.9. The Morgan fingerprint density at radius 1 is 1.06 bits per heavy atom. The van der Waals surface area contributed by atoms with Gasteiger partial charge in [-0.25, -0.2) is 0 Å². The van der Waals surface area contributed by atoms with Gasteiger partial charge in [-0.1, -0.05) is 54.6 Å². The summed E-state index contributed by atoms with van der Waals surface area (Å²) in [6.45, 7) is 0.860. The number of thiophene rings is 1. The molecule has 2 aliphatic heterocycles. The largest absolute Gasteiger partial charge is 0.496 e. The van der Waals surface area contributed by atoms with E-state index in [9.17, 15) is 14.4 Å². The fraction of sp³-hybridized carbons (Fsp3) is 0.321. The highest BCUT2D eigenvalue weighted by molar-refractivity contribution is 7.09. The number of benzene rings is 2. The standard InChI is InChI=1S/C28H28N2O4S/c1-34-24-14-6-5-12-22(24)23-13-7-15-29(23)25(31)17-28(20-9-3-2-4-10-20)18-26(32)30(27(28)33)19-21-11-8-16-35-21/h2-6,8-12,14,16,23H,7,13,15,17-19H2,1H3/t23-,28+/m0/s1. The minimum Gasteiger partial charge on any atom is -0.496 e. The molecule has 5 rings (SSSR count). The summed E-state index contributed by atoms with van der Waals surface area (Å²) in [5, 5.41) is 1.93. The summed E-state index contributed by atoms with van der Waals surface area (Å²) >= 11 is 1.51. The second-order valence-corrected chi connectivity index (χ2v) is 10.2. The summed E-state index contributed by atoms with van der Waals surface area (Å²) < 4.78 is 5.56. The van der Waals surface area contributed by atoms with Gasteiger partial charge in [0.2, 0.25) is 17.7 Å². The van der Waals surface area contributed by atoms with E-state index >= 15 is 0 Å². The molecular formula is C28H28N2O4S. The molecule has 3 heterocycles. The van der Waals surface area contributed by atoms with E-state index in [0.717, 1.165) is 29.0 Å². The molecule has 2 aromatic carbocycles. The van der Waals surface area contributed by atoms with E-state index < -0.39 is 5.41 Å². The SMILES string of the molecule is COc1ccccc1[C@@H]1CCCN1C(=O)C[C@]1(c2ccccc2)CC(=O)N(Cc2cccs2)C1=O. The summed E-state index contributed by atoms with van der Waals surface area (Å²) in [7, 11) is 1.63. The van der Waals surface area contributed by atoms with Gasteiger partial charge in [0.1, 0.15) is 5.75 Å². The molecular weight excluding hydrogens is 460 g/mol. The third-order valence-corrected chi connectivity index (χ3v) is 8.01. The second kappa shape index (κ2) is 9.66. The average molecular weight is 489 g/mol. The van der Waals surface area contributed by atoms with Gasteiger partial charge in [-0.05, 0) is 35.9 Å². The second-order valence-electron chi connectivity index (χ2n) is 9.15. The molecule has 0 unspecified atom stereocenters. The van der Waals surface area contributed by atoms with E-state index in [0.29, 0.717) is 12.1 Å². The summed E-state index contributed by atoms with van der Waals surface area (Å²) in [6.07, 6.45) is 1.68.